The van der Waals surface area contributed by atoms with Gasteiger partial charge in [0.1, 0.15) is 23.5 Å². The molecule has 0 bridgehead atoms. The summed E-state index contributed by atoms with van der Waals surface area (Å²) in [5.41, 5.74) is 1.73. The molecule has 0 saturated heterocycles. The fourth-order valence-electron chi connectivity index (χ4n) is 5.16. The van der Waals surface area contributed by atoms with Gasteiger partial charge in [-0.1, -0.05) is 30.5 Å². The van der Waals surface area contributed by atoms with Crippen LogP contribution >= 0.6 is 11.6 Å². The lowest BCUT2D eigenvalue weighted by Crippen LogP contribution is -2.46. The minimum atomic E-state index is -3.58. The third-order valence-corrected chi connectivity index (χ3v) is 9.08. The SMILES string of the molecule is COc1ccc(C(=O)C(OC(=O)N(c2ccc(C=C(C#N)C#N)c(C)c2)C2CCCC2)C(=O)Nc2ccc(S(C)(=O)=O)cc2Cl)cc1. The van der Waals surface area contributed by atoms with Gasteiger partial charge >= 0.3 is 6.09 Å². The molecule has 0 radical (unpaired) electrons. The number of methoxy groups -OCH3 is 1. The Kier molecular flexibility index (Phi) is 11.0. The lowest BCUT2D eigenvalue weighted by atomic mass is 10.0. The Morgan fingerprint density at radius 1 is 1.02 bits per heavy atom. The van der Waals surface area contributed by atoms with E-state index in [9.17, 15) is 22.8 Å². The molecule has 0 aliphatic heterocycles. The molecule has 0 spiro atoms. The first-order valence-electron chi connectivity index (χ1n) is 14.5. The van der Waals surface area contributed by atoms with Gasteiger partial charge in [-0.25, -0.2) is 13.2 Å². The Labute approximate surface area is 277 Å². The molecule has 1 unspecified atom stereocenters. The van der Waals surface area contributed by atoms with Gasteiger partial charge in [-0.3, -0.25) is 14.5 Å². The van der Waals surface area contributed by atoms with Crippen LogP contribution in [0.3, 0.4) is 0 Å². The highest BCUT2D eigenvalue weighted by molar-refractivity contribution is 7.90. The Balaban J connectivity index is 1.71. The molecular weight excluding hydrogens is 644 g/mol. The summed E-state index contributed by atoms with van der Waals surface area (Å²) in [7, 11) is -2.12. The zero-order chi connectivity index (χ0) is 34.3. The van der Waals surface area contributed by atoms with E-state index >= 15 is 0 Å². The van der Waals surface area contributed by atoms with Gasteiger partial charge in [0.25, 0.3) is 5.91 Å². The lowest BCUT2D eigenvalue weighted by Gasteiger charge is -2.30. The molecular formula is C34H31ClN4O7S. The van der Waals surface area contributed by atoms with Crippen LogP contribution in [-0.2, 0) is 19.4 Å². The summed E-state index contributed by atoms with van der Waals surface area (Å²) in [6.45, 7) is 1.77. The summed E-state index contributed by atoms with van der Waals surface area (Å²) >= 11 is 6.28. The second kappa shape index (κ2) is 14.9. The van der Waals surface area contributed by atoms with Crippen LogP contribution in [0.5, 0.6) is 5.75 Å². The van der Waals surface area contributed by atoms with E-state index in [2.05, 4.69) is 5.32 Å². The van der Waals surface area contributed by atoms with E-state index in [0.29, 0.717) is 35.4 Å². The number of rotatable bonds is 10. The van der Waals surface area contributed by atoms with Gasteiger partial charge in [-0.2, -0.15) is 10.5 Å². The summed E-state index contributed by atoms with van der Waals surface area (Å²) < 4.78 is 34.8. The summed E-state index contributed by atoms with van der Waals surface area (Å²) in [6.07, 6.45) is 2.61. The molecule has 1 N–H and O–H groups in total. The van der Waals surface area contributed by atoms with Crippen LogP contribution in [0.2, 0.25) is 5.02 Å². The minimum Gasteiger partial charge on any atom is -0.497 e. The second-order valence-electron chi connectivity index (χ2n) is 10.9. The molecule has 2 amide bonds. The van der Waals surface area contributed by atoms with Gasteiger partial charge < -0.3 is 14.8 Å². The number of amides is 2. The van der Waals surface area contributed by atoms with Crippen molar-refractivity contribution in [3.63, 3.8) is 0 Å². The first-order chi connectivity index (χ1) is 22.4. The highest BCUT2D eigenvalue weighted by Gasteiger charge is 2.37. The van der Waals surface area contributed by atoms with Gasteiger partial charge in [0.2, 0.25) is 11.9 Å². The molecule has 1 saturated carbocycles. The van der Waals surface area contributed by atoms with Crippen molar-refractivity contribution in [2.45, 2.75) is 49.6 Å². The Morgan fingerprint density at radius 3 is 2.23 bits per heavy atom. The van der Waals surface area contributed by atoms with E-state index in [0.717, 1.165) is 25.2 Å². The van der Waals surface area contributed by atoms with Crippen molar-refractivity contribution in [1.82, 2.24) is 0 Å². The van der Waals surface area contributed by atoms with Gasteiger partial charge in [0.05, 0.1) is 22.7 Å². The number of allylic oxidation sites excluding steroid dienone is 1. The third-order valence-electron chi connectivity index (χ3n) is 7.65. The fourth-order valence-corrected chi connectivity index (χ4v) is 6.10. The normalized spacial score (nSPS) is 13.4. The number of hydrogen-bond donors (Lipinski definition) is 1. The molecule has 1 fully saturated rings. The average molecular weight is 675 g/mol. The average Bonchev–Trinajstić information content (AvgIpc) is 3.58. The number of Topliss-reactive ketones (excluding diaryl/α,β-unsaturated/α-hetero) is 1. The van der Waals surface area contributed by atoms with Crippen LogP contribution in [0, 0.1) is 29.6 Å². The predicted octanol–water partition coefficient (Wildman–Crippen LogP) is 6.27. The summed E-state index contributed by atoms with van der Waals surface area (Å²) in [5, 5.41) is 20.7. The number of sulfone groups is 1. The highest BCUT2D eigenvalue weighted by atomic mass is 35.5. The topological polar surface area (TPSA) is 167 Å². The predicted molar refractivity (Wildman–Crippen MR) is 176 cm³/mol. The number of nitrogens with one attached hydrogen (secondary N) is 1. The Bertz CT molecular complexity index is 1910. The molecule has 0 aromatic heterocycles. The maximum Gasteiger partial charge on any atom is 0.415 e. The monoisotopic (exact) mass is 674 g/mol. The number of hydrogen-bond acceptors (Lipinski definition) is 9. The van der Waals surface area contributed by atoms with Crippen LogP contribution in [0.25, 0.3) is 6.08 Å². The number of nitriles is 2. The maximum atomic E-state index is 14.0. The van der Waals surface area contributed by atoms with Crippen molar-refractivity contribution in [3.05, 3.63) is 87.9 Å². The molecule has 47 heavy (non-hydrogen) atoms. The van der Waals surface area contributed by atoms with Crippen LogP contribution in [0.4, 0.5) is 16.2 Å². The van der Waals surface area contributed by atoms with E-state index in [1.807, 2.05) is 12.1 Å². The molecule has 11 nitrogen and oxygen atoms in total. The molecule has 242 valence electrons. The molecule has 1 aliphatic carbocycles. The molecule has 0 heterocycles. The van der Waals surface area contributed by atoms with Crippen molar-refractivity contribution in [2.24, 2.45) is 0 Å². The van der Waals surface area contributed by atoms with Crippen molar-refractivity contribution < 1.29 is 32.3 Å². The van der Waals surface area contributed by atoms with Crippen molar-refractivity contribution in [3.8, 4) is 17.9 Å². The largest absolute Gasteiger partial charge is 0.497 e. The number of anilines is 2. The van der Waals surface area contributed by atoms with Crippen molar-refractivity contribution >= 4 is 56.7 Å². The van der Waals surface area contributed by atoms with Gasteiger partial charge in [-0.05, 0) is 91.6 Å². The zero-order valence-electron chi connectivity index (χ0n) is 25.8. The first kappa shape index (κ1) is 34.7. The van der Waals surface area contributed by atoms with Crippen molar-refractivity contribution in [1.29, 1.82) is 10.5 Å². The number of halogens is 1. The van der Waals surface area contributed by atoms with E-state index in [1.165, 1.54) is 54.5 Å². The molecule has 13 heteroatoms. The van der Waals surface area contributed by atoms with Crippen molar-refractivity contribution in [2.75, 3.05) is 23.6 Å². The molecule has 3 aromatic rings. The number of benzene rings is 3. The summed E-state index contributed by atoms with van der Waals surface area (Å²) in [4.78, 5) is 42.8. The van der Waals surface area contributed by atoms with E-state index in [-0.39, 0.29) is 32.8 Å². The number of aryl methyl sites for hydroxylation is 1. The number of ketones is 1. The van der Waals surface area contributed by atoms with E-state index < -0.39 is 33.7 Å². The molecule has 1 atom stereocenters. The fraction of sp³-hybridized carbons (Fsp3) is 0.265. The van der Waals surface area contributed by atoms with E-state index in [4.69, 9.17) is 31.6 Å². The van der Waals surface area contributed by atoms with Gasteiger partial charge in [-0.15, -0.1) is 0 Å². The highest BCUT2D eigenvalue weighted by Crippen LogP contribution is 2.32. The zero-order valence-corrected chi connectivity index (χ0v) is 27.4. The third kappa shape index (κ3) is 8.36. The second-order valence-corrected chi connectivity index (χ2v) is 13.3. The maximum absolute atomic E-state index is 14.0. The quantitative estimate of drug-likeness (QED) is 0.148. The number of nitrogens with zero attached hydrogens (tertiary/aromatic N) is 3. The van der Waals surface area contributed by atoms with E-state index in [1.54, 1.807) is 25.1 Å². The molecule has 3 aromatic carbocycles. The minimum absolute atomic E-state index is 0.00803. The number of ether oxygens (including phenoxy) is 2. The van der Waals surface area contributed by atoms with Crippen LogP contribution in [0.1, 0.15) is 47.2 Å². The summed E-state index contributed by atoms with van der Waals surface area (Å²) in [5.74, 6) is -1.35. The number of carbonyl (C=O) groups excluding carboxylic acids is 3. The lowest BCUT2D eigenvalue weighted by molar-refractivity contribution is -0.122. The smallest absolute Gasteiger partial charge is 0.415 e. The Hall–Kier alpha value is -5.17. The van der Waals surface area contributed by atoms with Gasteiger partial charge in [0, 0.05) is 23.5 Å². The number of carbonyl (C=O) groups is 3. The van der Waals surface area contributed by atoms with Gasteiger partial charge in [0.15, 0.2) is 9.84 Å². The van der Waals surface area contributed by atoms with Crippen LogP contribution in [-0.4, -0.2) is 51.7 Å². The standard InChI is InChI=1S/C34H31ClN4O7S/c1-21-16-26(11-8-24(21)17-22(19-36)20-37)39(25-6-4-5-7-25)34(42)46-32(31(40)23-9-12-27(45-2)13-10-23)33(41)38-30-15-14-28(18-29(30)35)47(3,43)44/h8-18,25,32H,4-7H2,1-3H3,(H,38,41). The Morgan fingerprint density at radius 2 is 1.68 bits per heavy atom. The first-order valence-corrected chi connectivity index (χ1v) is 16.7. The van der Waals surface area contributed by atoms with Crippen LogP contribution in [0.15, 0.2) is 71.1 Å². The van der Waals surface area contributed by atoms with Crippen LogP contribution < -0.4 is 15.0 Å². The summed E-state index contributed by atoms with van der Waals surface area (Å²) in [6, 6.07) is 18.0. The molecule has 4 rings (SSSR count). The molecule has 1 aliphatic rings.